The smallest absolute Gasteiger partial charge is 0.279 e. The van der Waals surface area contributed by atoms with Crippen molar-refractivity contribution in [1.82, 2.24) is 9.78 Å². The zero-order valence-corrected chi connectivity index (χ0v) is 15.9. The van der Waals surface area contributed by atoms with Crippen molar-refractivity contribution in [2.45, 2.75) is 13.0 Å². The van der Waals surface area contributed by atoms with Crippen molar-refractivity contribution >= 4 is 23.5 Å². The highest BCUT2D eigenvalue weighted by Crippen LogP contribution is 2.27. The van der Waals surface area contributed by atoms with E-state index in [0.717, 1.165) is 28.1 Å². The fourth-order valence-corrected chi connectivity index (χ4v) is 3.23. The van der Waals surface area contributed by atoms with E-state index in [-0.39, 0.29) is 5.91 Å². The molecule has 7 nitrogen and oxygen atoms in total. The molecule has 0 bridgehead atoms. The van der Waals surface area contributed by atoms with Crippen molar-refractivity contribution < 1.29 is 4.79 Å². The van der Waals surface area contributed by atoms with Gasteiger partial charge in [0.25, 0.3) is 5.91 Å². The highest BCUT2D eigenvalue weighted by Gasteiger charge is 2.31. The molecule has 0 saturated carbocycles. The van der Waals surface area contributed by atoms with Crippen molar-refractivity contribution in [2.24, 2.45) is 10.2 Å². The Labute approximate surface area is 168 Å². The van der Waals surface area contributed by atoms with Crippen LogP contribution < -0.4 is 4.90 Å². The first-order valence-corrected chi connectivity index (χ1v) is 9.17. The summed E-state index contributed by atoms with van der Waals surface area (Å²) in [6.07, 6.45) is 3.80. The molecule has 0 N–H and O–H groups in total. The third-order valence-corrected chi connectivity index (χ3v) is 4.67. The molecule has 1 aliphatic heterocycles. The number of carbonyl (C=O) groups is 1. The van der Waals surface area contributed by atoms with E-state index < -0.39 is 0 Å². The Bertz CT molecular complexity index is 1150. The fourth-order valence-electron chi connectivity index (χ4n) is 3.23. The first-order chi connectivity index (χ1) is 14.2. The maximum atomic E-state index is 12.5. The molecule has 0 unspecified atom stereocenters. The number of anilines is 1. The molecule has 4 rings (SSSR count). The predicted molar refractivity (Wildman–Crippen MR) is 112 cm³/mol. The normalized spacial score (nSPS) is 14.6. The Morgan fingerprint density at radius 3 is 2.69 bits per heavy atom. The van der Waals surface area contributed by atoms with E-state index in [4.69, 9.17) is 5.26 Å². The van der Waals surface area contributed by atoms with E-state index >= 15 is 0 Å². The topological polar surface area (TPSA) is 86.6 Å². The van der Waals surface area contributed by atoms with Crippen LogP contribution in [0.3, 0.4) is 0 Å². The number of nitriles is 1. The standard InChI is InChI=1S/C22H18N6O/c1-27-19-11-6-5-10-18(19)21(22(27)29)25-24-14-17-15-28(13-7-12-23)26-20(17)16-8-3-2-4-9-16/h2-6,8-11,14-15H,7,13H2,1H3/b24-14-,25-21+. The largest absolute Gasteiger partial charge is 0.309 e. The van der Waals surface area contributed by atoms with E-state index in [9.17, 15) is 4.79 Å². The number of hydrogen-bond acceptors (Lipinski definition) is 5. The lowest BCUT2D eigenvalue weighted by Crippen LogP contribution is -2.25. The molecule has 0 radical (unpaired) electrons. The van der Waals surface area contributed by atoms with Crippen LogP contribution >= 0.6 is 0 Å². The lowest BCUT2D eigenvalue weighted by Gasteiger charge is -2.07. The van der Waals surface area contributed by atoms with Crippen LogP contribution in [0.25, 0.3) is 11.3 Å². The first-order valence-electron chi connectivity index (χ1n) is 9.17. The average Bonchev–Trinajstić information content (AvgIpc) is 3.27. The van der Waals surface area contributed by atoms with Crippen molar-refractivity contribution in [1.29, 1.82) is 5.26 Å². The number of rotatable bonds is 5. The molecule has 1 aliphatic rings. The van der Waals surface area contributed by atoms with Gasteiger partial charge in [-0.1, -0.05) is 48.5 Å². The number of amides is 1. The lowest BCUT2D eigenvalue weighted by molar-refractivity contribution is -0.111. The minimum Gasteiger partial charge on any atom is -0.309 e. The Morgan fingerprint density at radius 2 is 1.90 bits per heavy atom. The van der Waals surface area contributed by atoms with Gasteiger partial charge in [-0.3, -0.25) is 9.48 Å². The summed E-state index contributed by atoms with van der Waals surface area (Å²) in [5, 5.41) is 21.8. The molecule has 2 aromatic carbocycles. The molecule has 1 amide bonds. The lowest BCUT2D eigenvalue weighted by atomic mass is 10.1. The van der Waals surface area contributed by atoms with Crippen LogP contribution in [-0.2, 0) is 11.3 Å². The molecular formula is C22H18N6O. The minimum absolute atomic E-state index is 0.184. The summed E-state index contributed by atoms with van der Waals surface area (Å²) >= 11 is 0. The van der Waals surface area contributed by atoms with Gasteiger partial charge in [-0.15, -0.1) is 5.10 Å². The van der Waals surface area contributed by atoms with Crippen LogP contribution in [0.2, 0.25) is 0 Å². The molecule has 0 aliphatic carbocycles. The molecule has 29 heavy (non-hydrogen) atoms. The summed E-state index contributed by atoms with van der Waals surface area (Å²) < 4.78 is 1.73. The number of benzene rings is 2. The van der Waals surface area contributed by atoms with Crippen LogP contribution in [0.15, 0.2) is 71.0 Å². The summed E-state index contributed by atoms with van der Waals surface area (Å²) in [7, 11) is 1.72. The van der Waals surface area contributed by atoms with E-state index in [1.54, 1.807) is 22.8 Å². The number of fused-ring (bicyclic) bond motifs is 1. The fraction of sp³-hybridized carbons (Fsp3) is 0.136. The van der Waals surface area contributed by atoms with Gasteiger partial charge in [0, 0.05) is 29.9 Å². The number of para-hydroxylation sites is 1. The van der Waals surface area contributed by atoms with Crippen molar-refractivity contribution in [3.63, 3.8) is 0 Å². The molecular weight excluding hydrogens is 364 g/mol. The molecule has 2 heterocycles. The maximum Gasteiger partial charge on any atom is 0.279 e. The summed E-state index contributed by atoms with van der Waals surface area (Å²) in [6.45, 7) is 0.495. The number of aryl methyl sites for hydroxylation is 1. The number of hydrogen-bond donors (Lipinski definition) is 0. The second kappa shape index (κ2) is 7.90. The summed E-state index contributed by atoms with van der Waals surface area (Å²) in [6, 6.07) is 19.4. The minimum atomic E-state index is -0.184. The van der Waals surface area contributed by atoms with Crippen molar-refractivity contribution in [3.8, 4) is 17.3 Å². The second-order valence-corrected chi connectivity index (χ2v) is 6.54. The highest BCUT2D eigenvalue weighted by atomic mass is 16.2. The molecule has 0 fully saturated rings. The number of aromatic nitrogens is 2. The zero-order chi connectivity index (χ0) is 20.2. The molecule has 3 aromatic rings. The Morgan fingerprint density at radius 1 is 1.14 bits per heavy atom. The van der Waals surface area contributed by atoms with Crippen LogP contribution in [0.4, 0.5) is 5.69 Å². The number of nitrogens with zero attached hydrogens (tertiary/aromatic N) is 6. The maximum absolute atomic E-state index is 12.5. The Hall–Kier alpha value is -4.05. The van der Waals surface area contributed by atoms with Gasteiger partial charge in [-0.2, -0.15) is 15.5 Å². The monoisotopic (exact) mass is 382 g/mol. The third-order valence-electron chi connectivity index (χ3n) is 4.67. The Balaban J connectivity index is 1.68. The Kier molecular flexibility index (Phi) is 4.99. The highest BCUT2D eigenvalue weighted by molar-refractivity contribution is 6.54. The van der Waals surface area contributed by atoms with Crippen LogP contribution in [0, 0.1) is 11.3 Å². The summed E-state index contributed by atoms with van der Waals surface area (Å²) in [5.41, 5.74) is 4.37. The van der Waals surface area contributed by atoms with Gasteiger partial charge in [0.15, 0.2) is 5.71 Å². The van der Waals surface area contributed by atoms with Gasteiger partial charge in [-0.25, -0.2) is 0 Å². The van der Waals surface area contributed by atoms with Gasteiger partial charge >= 0.3 is 0 Å². The molecule has 7 heteroatoms. The van der Waals surface area contributed by atoms with Gasteiger partial charge < -0.3 is 4.90 Å². The van der Waals surface area contributed by atoms with Crippen LogP contribution in [-0.4, -0.2) is 34.7 Å². The predicted octanol–water partition coefficient (Wildman–Crippen LogP) is 3.26. The van der Waals surface area contributed by atoms with E-state index in [1.807, 2.05) is 60.8 Å². The van der Waals surface area contributed by atoms with E-state index in [0.29, 0.717) is 18.7 Å². The zero-order valence-electron chi connectivity index (χ0n) is 15.9. The average molecular weight is 382 g/mol. The molecule has 0 spiro atoms. The van der Waals surface area contributed by atoms with Crippen molar-refractivity contribution in [3.05, 3.63) is 71.9 Å². The third kappa shape index (κ3) is 3.56. The second-order valence-electron chi connectivity index (χ2n) is 6.54. The van der Waals surface area contributed by atoms with E-state index in [2.05, 4.69) is 21.4 Å². The van der Waals surface area contributed by atoms with Gasteiger partial charge in [0.1, 0.15) is 5.69 Å². The number of carbonyl (C=O) groups excluding carboxylic acids is 1. The summed E-state index contributed by atoms with van der Waals surface area (Å²) in [4.78, 5) is 14.1. The van der Waals surface area contributed by atoms with Crippen molar-refractivity contribution in [2.75, 3.05) is 11.9 Å². The summed E-state index contributed by atoms with van der Waals surface area (Å²) in [5.74, 6) is -0.184. The van der Waals surface area contributed by atoms with Crippen LogP contribution in [0.1, 0.15) is 17.5 Å². The molecule has 0 atom stereocenters. The number of likely N-dealkylation sites (N-methyl/N-ethyl adjacent to an activating group) is 1. The van der Waals surface area contributed by atoms with Gasteiger partial charge in [-0.05, 0) is 6.07 Å². The quantitative estimate of drug-likeness (QED) is 0.501. The van der Waals surface area contributed by atoms with Crippen LogP contribution in [0.5, 0.6) is 0 Å². The van der Waals surface area contributed by atoms with E-state index in [1.165, 1.54) is 0 Å². The SMILES string of the molecule is CN1C(=O)/C(=N/N=C\c2cn(CCC#N)nc2-c2ccccc2)c2ccccc21. The molecule has 1 aromatic heterocycles. The van der Waals surface area contributed by atoms with Gasteiger partial charge in [0.05, 0.1) is 30.9 Å². The molecule has 142 valence electrons. The first kappa shape index (κ1) is 18.3. The molecule has 0 saturated heterocycles. The van der Waals surface area contributed by atoms with Gasteiger partial charge in [0.2, 0.25) is 0 Å².